The Bertz CT molecular complexity index is 603. The second kappa shape index (κ2) is 5.80. The van der Waals surface area contributed by atoms with Crippen molar-refractivity contribution in [3.8, 4) is 0 Å². The van der Waals surface area contributed by atoms with Crippen LogP contribution in [0.5, 0.6) is 0 Å². The summed E-state index contributed by atoms with van der Waals surface area (Å²) in [5.41, 5.74) is 3.38. The molecule has 0 aliphatic carbocycles. The number of hydrogen-bond acceptors (Lipinski definition) is 3. The molecule has 3 rings (SSSR count). The van der Waals surface area contributed by atoms with Gasteiger partial charge in [-0.3, -0.25) is 0 Å². The highest BCUT2D eigenvalue weighted by atomic mass is 16.3. The van der Waals surface area contributed by atoms with Crippen molar-refractivity contribution < 1.29 is 4.42 Å². The lowest BCUT2D eigenvalue weighted by Crippen LogP contribution is -2.29. The second-order valence-electron chi connectivity index (χ2n) is 7.29. The number of aromatic nitrogens is 1. The molecule has 2 aromatic rings. The third-order valence-electron chi connectivity index (χ3n) is 4.46. The quantitative estimate of drug-likeness (QED) is 0.924. The molecule has 0 amide bonds. The van der Waals surface area contributed by atoms with E-state index in [9.17, 15) is 0 Å². The summed E-state index contributed by atoms with van der Waals surface area (Å²) in [6.07, 6.45) is 4.76. The summed E-state index contributed by atoms with van der Waals surface area (Å²) in [6, 6.07) is 6.39. The third kappa shape index (κ3) is 3.46. The maximum Gasteiger partial charge on any atom is 0.195 e. The Morgan fingerprint density at radius 2 is 2.19 bits per heavy atom. The second-order valence-corrected chi connectivity index (χ2v) is 7.29. The fourth-order valence-electron chi connectivity index (χ4n) is 3.05. The van der Waals surface area contributed by atoms with E-state index >= 15 is 0 Å². The van der Waals surface area contributed by atoms with Crippen LogP contribution in [-0.2, 0) is 11.8 Å². The molecule has 3 nitrogen and oxygen atoms in total. The topological polar surface area (TPSA) is 38.1 Å². The first-order valence-corrected chi connectivity index (χ1v) is 8.13. The zero-order chi connectivity index (χ0) is 14.9. The van der Waals surface area contributed by atoms with Gasteiger partial charge in [0.2, 0.25) is 0 Å². The Morgan fingerprint density at radius 3 is 2.90 bits per heavy atom. The minimum Gasteiger partial charge on any atom is -0.441 e. The standard InChI is InChI=1S/C18H26N2O/c1-18(2,3)14-7-8-16-15(11-14)20-17(21-16)9-6-13-5-4-10-19-12-13/h7-8,11,13,19H,4-6,9-10,12H2,1-3H3. The molecule has 114 valence electrons. The van der Waals surface area contributed by atoms with Crippen LogP contribution in [0.2, 0.25) is 0 Å². The third-order valence-corrected chi connectivity index (χ3v) is 4.46. The molecule has 1 saturated heterocycles. The minimum atomic E-state index is 0.154. The number of oxazole rings is 1. The Balaban J connectivity index is 1.71. The summed E-state index contributed by atoms with van der Waals surface area (Å²) in [4.78, 5) is 4.68. The van der Waals surface area contributed by atoms with Crippen molar-refractivity contribution in [2.45, 2.75) is 51.9 Å². The first kappa shape index (κ1) is 14.6. The summed E-state index contributed by atoms with van der Waals surface area (Å²) >= 11 is 0. The molecule has 0 radical (unpaired) electrons. The summed E-state index contributed by atoms with van der Waals surface area (Å²) in [7, 11) is 0. The van der Waals surface area contributed by atoms with Crippen molar-refractivity contribution in [2.24, 2.45) is 5.92 Å². The molecule has 1 unspecified atom stereocenters. The van der Waals surface area contributed by atoms with Crippen molar-refractivity contribution in [3.05, 3.63) is 29.7 Å². The normalized spacial score (nSPS) is 20.0. The molecule has 0 bridgehead atoms. The molecule has 1 aliphatic heterocycles. The SMILES string of the molecule is CC(C)(C)c1ccc2oc(CCC3CCCNC3)nc2c1. The van der Waals surface area contributed by atoms with Gasteiger partial charge in [-0.2, -0.15) is 0 Å². The zero-order valence-electron chi connectivity index (χ0n) is 13.4. The number of piperidine rings is 1. The molecule has 21 heavy (non-hydrogen) atoms. The predicted molar refractivity (Wildman–Crippen MR) is 86.6 cm³/mol. The van der Waals surface area contributed by atoms with Gasteiger partial charge in [-0.1, -0.05) is 26.8 Å². The highest BCUT2D eigenvalue weighted by Gasteiger charge is 2.17. The lowest BCUT2D eigenvalue weighted by Gasteiger charge is -2.21. The number of rotatable bonds is 3. The van der Waals surface area contributed by atoms with Gasteiger partial charge in [-0.25, -0.2) is 4.98 Å². The van der Waals surface area contributed by atoms with E-state index in [2.05, 4.69) is 49.3 Å². The Kier molecular flexibility index (Phi) is 4.03. The van der Waals surface area contributed by atoms with E-state index in [1.165, 1.54) is 31.4 Å². The molecule has 0 spiro atoms. The molecular formula is C18H26N2O. The number of hydrogen-bond donors (Lipinski definition) is 1. The van der Waals surface area contributed by atoms with Gasteiger partial charge < -0.3 is 9.73 Å². The van der Waals surface area contributed by atoms with Crippen LogP contribution in [0.1, 0.15) is 51.5 Å². The lowest BCUT2D eigenvalue weighted by atomic mass is 9.87. The van der Waals surface area contributed by atoms with Crippen LogP contribution in [-0.4, -0.2) is 18.1 Å². The van der Waals surface area contributed by atoms with Crippen LogP contribution < -0.4 is 5.32 Å². The number of benzene rings is 1. The van der Waals surface area contributed by atoms with E-state index < -0.39 is 0 Å². The smallest absolute Gasteiger partial charge is 0.195 e. The van der Waals surface area contributed by atoms with Crippen LogP contribution in [0.25, 0.3) is 11.1 Å². The first-order chi connectivity index (χ1) is 10.0. The van der Waals surface area contributed by atoms with Gasteiger partial charge in [-0.05, 0) is 61.4 Å². The molecule has 3 heteroatoms. The molecule has 1 atom stereocenters. The van der Waals surface area contributed by atoms with Gasteiger partial charge >= 0.3 is 0 Å². The van der Waals surface area contributed by atoms with Crippen molar-refractivity contribution in [3.63, 3.8) is 0 Å². The summed E-state index contributed by atoms with van der Waals surface area (Å²) in [5.74, 6) is 1.67. The van der Waals surface area contributed by atoms with E-state index in [1.807, 2.05) is 0 Å². The van der Waals surface area contributed by atoms with Crippen molar-refractivity contribution in [1.29, 1.82) is 0 Å². The summed E-state index contributed by atoms with van der Waals surface area (Å²) < 4.78 is 5.90. The van der Waals surface area contributed by atoms with Crippen molar-refractivity contribution in [1.82, 2.24) is 10.3 Å². The fourth-order valence-corrected chi connectivity index (χ4v) is 3.05. The molecule has 1 aromatic heterocycles. The van der Waals surface area contributed by atoms with Gasteiger partial charge in [0.1, 0.15) is 5.52 Å². The highest BCUT2D eigenvalue weighted by molar-refractivity contribution is 5.73. The fraction of sp³-hybridized carbons (Fsp3) is 0.611. The predicted octanol–water partition coefficient (Wildman–Crippen LogP) is 4.06. The van der Waals surface area contributed by atoms with E-state index in [1.54, 1.807) is 0 Å². The van der Waals surface area contributed by atoms with Gasteiger partial charge in [0.25, 0.3) is 0 Å². The Hall–Kier alpha value is -1.35. The largest absolute Gasteiger partial charge is 0.441 e. The monoisotopic (exact) mass is 286 g/mol. The van der Waals surface area contributed by atoms with Crippen LogP contribution in [0, 0.1) is 5.92 Å². The van der Waals surface area contributed by atoms with E-state index in [0.717, 1.165) is 35.9 Å². The van der Waals surface area contributed by atoms with Gasteiger partial charge in [-0.15, -0.1) is 0 Å². The van der Waals surface area contributed by atoms with E-state index in [-0.39, 0.29) is 5.41 Å². The first-order valence-electron chi connectivity index (χ1n) is 8.13. The van der Waals surface area contributed by atoms with Crippen LogP contribution in [0.3, 0.4) is 0 Å². The maximum atomic E-state index is 5.90. The van der Waals surface area contributed by atoms with Crippen LogP contribution >= 0.6 is 0 Å². The zero-order valence-corrected chi connectivity index (χ0v) is 13.4. The molecule has 1 N–H and O–H groups in total. The molecule has 1 aliphatic rings. The van der Waals surface area contributed by atoms with E-state index in [0.29, 0.717) is 0 Å². The molecule has 0 saturated carbocycles. The van der Waals surface area contributed by atoms with Gasteiger partial charge in [0.05, 0.1) is 0 Å². The Morgan fingerprint density at radius 1 is 1.33 bits per heavy atom. The average Bonchev–Trinajstić information content (AvgIpc) is 2.87. The summed E-state index contributed by atoms with van der Waals surface area (Å²) in [5, 5.41) is 3.47. The van der Waals surface area contributed by atoms with Crippen molar-refractivity contribution >= 4 is 11.1 Å². The summed E-state index contributed by atoms with van der Waals surface area (Å²) in [6.45, 7) is 9.01. The van der Waals surface area contributed by atoms with Crippen molar-refractivity contribution in [2.75, 3.05) is 13.1 Å². The van der Waals surface area contributed by atoms with Crippen LogP contribution in [0.15, 0.2) is 22.6 Å². The van der Waals surface area contributed by atoms with Gasteiger partial charge in [0.15, 0.2) is 11.5 Å². The number of nitrogens with one attached hydrogen (secondary N) is 1. The molecule has 1 aromatic carbocycles. The molecular weight excluding hydrogens is 260 g/mol. The average molecular weight is 286 g/mol. The highest BCUT2D eigenvalue weighted by Crippen LogP contribution is 2.27. The number of aryl methyl sites for hydroxylation is 1. The minimum absolute atomic E-state index is 0.154. The molecule has 1 fully saturated rings. The number of fused-ring (bicyclic) bond motifs is 1. The maximum absolute atomic E-state index is 5.90. The number of nitrogens with zero attached hydrogens (tertiary/aromatic N) is 1. The lowest BCUT2D eigenvalue weighted by molar-refractivity contribution is 0.347. The Labute approximate surface area is 127 Å². The van der Waals surface area contributed by atoms with Crippen LogP contribution in [0.4, 0.5) is 0 Å². The van der Waals surface area contributed by atoms with Gasteiger partial charge in [0, 0.05) is 6.42 Å². The van der Waals surface area contributed by atoms with E-state index in [4.69, 9.17) is 4.42 Å². The molecule has 2 heterocycles.